The molecule has 1 aliphatic rings. The largest absolute Gasteiger partial charge is 0.500 e. The van der Waals surface area contributed by atoms with Crippen molar-refractivity contribution in [3.8, 4) is 0 Å². The molecule has 0 aromatic heterocycles. The first kappa shape index (κ1) is 18.1. The van der Waals surface area contributed by atoms with Gasteiger partial charge < -0.3 is 22.8 Å². The van der Waals surface area contributed by atoms with Gasteiger partial charge in [0.05, 0.1) is 19.8 Å². The summed E-state index contributed by atoms with van der Waals surface area (Å²) in [6.07, 6.45) is 4.90. The molecule has 0 saturated carbocycles. The van der Waals surface area contributed by atoms with E-state index in [1.807, 2.05) is 0 Å². The van der Waals surface area contributed by atoms with Crippen molar-refractivity contribution in [2.75, 3.05) is 34.0 Å². The summed E-state index contributed by atoms with van der Waals surface area (Å²) in [5.41, 5.74) is 0. The van der Waals surface area contributed by atoms with E-state index in [0.29, 0.717) is 6.61 Å². The molecule has 0 N–H and O–H groups in total. The predicted octanol–water partition coefficient (Wildman–Crippen LogP) is 2.97. The fourth-order valence-electron chi connectivity index (χ4n) is 2.39. The van der Waals surface area contributed by atoms with E-state index >= 15 is 0 Å². The molecule has 0 amide bonds. The van der Waals surface area contributed by atoms with Crippen LogP contribution in [0, 0.1) is 0 Å². The summed E-state index contributed by atoms with van der Waals surface area (Å²) in [5, 5.41) is 0. The molecular weight excluding hydrogens is 276 g/mol. The summed E-state index contributed by atoms with van der Waals surface area (Å²) in [4.78, 5) is 0. The second-order valence-electron chi connectivity index (χ2n) is 5.19. The van der Waals surface area contributed by atoms with Gasteiger partial charge in [-0.2, -0.15) is 0 Å². The van der Waals surface area contributed by atoms with Crippen LogP contribution in [-0.4, -0.2) is 48.6 Å². The molecule has 0 spiro atoms. The van der Waals surface area contributed by atoms with Crippen molar-refractivity contribution in [2.45, 2.75) is 57.8 Å². The molecule has 0 aromatic rings. The van der Waals surface area contributed by atoms with Gasteiger partial charge in [0, 0.05) is 26.7 Å². The standard InChI is InChI=1S/C14H30O5Si/c1-5-7-12-20(15-3,16-4)19-13-14(9-6-2)17-10-8-11-18-14/h5-13H2,1-4H3. The molecule has 1 fully saturated rings. The van der Waals surface area contributed by atoms with Gasteiger partial charge >= 0.3 is 8.80 Å². The van der Waals surface area contributed by atoms with Crippen LogP contribution in [0.5, 0.6) is 0 Å². The highest BCUT2D eigenvalue weighted by atomic mass is 28.4. The van der Waals surface area contributed by atoms with Crippen molar-refractivity contribution in [3.05, 3.63) is 0 Å². The SMILES string of the molecule is CCCC[Si](OC)(OC)OCC1(CCC)OCCCO1. The zero-order chi connectivity index (χ0) is 14.9. The molecule has 0 aromatic carbocycles. The molecule has 0 aliphatic carbocycles. The summed E-state index contributed by atoms with van der Waals surface area (Å²) in [5.74, 6) is -0.617. The minimum absolute atomic E-state index is 0.387. The lowest BCUT2D eigenvalue weighted by Gasteiger charge is -2.39. The van der Waals surface area contributed by atoms with Gasteiger partial charge in [-0.15, -0.1) is 0 Å². The Morgan fingerprint density at radius 3 is 2.20 bits per heavy atom. The van der Waals surface area contributed by atoms with Crippen LogP contribution >= 0.6 is 0 Å². The molecular formula is C14H30O5Si. The van der Waals surface area contributed by atoms with E-state index in [4.69, 9.17) is 22.8 Å². The average Bonchev–Trinajstić information content (AvgIpc) is 2.50. The second kappa shape index (κ2) is 9.12. The lowest BCUT2D eigenvalue weighted by Crippen LogP contribution is -2.51. The van der Waals surface area contributed by atoms with E-state index in [1.54, 1.807) is 14.2 Å². The van der Waals surface area contributed by atoms with E-state index < -0.39 is 14.6 Å². The molecule has 1 rings (SSSR count). The Kier molecular flexibility index (Phi) is 8.24. The topological polar surface area (TPSA) is 46.2 Å². The molecule has 0 radical (unpaired) electrons. The van der Waals surface area contributed by atoms with Crippen molar-refractivity contribution < 1.29 is 22.8 Å². The van der Waals surface area contributed by atoms with Gasteiger partial charge in [0.15, 0.2) is 5.79 Å². The lowest BCUT2D eigenvalue weighted by atomic mass is 10.1. The number of hydrogen-bond acceptors (Lipinski definition) is 5. The third-order valence-corrected chi connectivity index (χ3v) is 6.41. The van der Waals surface area contributed by atoms with Crippen LogP contribution < -0.4 is 0 Å². The molecule has 0 unspecified atom stereocenters. The smallest absolute Gasteiger partial charge is 0.377 e. The molecule has 5 nitrogen and oxygen atoms in total. The lowest BCUT2D eigenvalue weighted by molar-refractivity contribution is -0.285. The van der Waals surface area contributed by atoms with Crippen molar-refractivity contribution in [3.63, 3.8) is 0 Å². The quantitative estimate of drug-likeness (QED) is 0.581. The van der Waals surface area contributed by atoms with Gasteiger partial charge in [-0.25, -0.2) is 0 Å². The zero-order valence-electron chi connectivity index (χ0n) is 13.4. The molecule has 1 aliphatic heterocycles. The number of ether oxygens (including phenoxy) is 2. The van der Waals surface area contributed by atoms with E-state index in [9.17, 15) is 0 Å². The highest BCUT2D eigenvalue weighted by Crippen LogP contribution is 2.28. The van der Waals surface area contributed by atoms with Crippen LogP contribution in [0.15, 0.2) is 0 Å². The Hall–Kier alpha value is 0.0169. The van der Waals surface area contributed by atoms with Crippen LogP contribution in [0.1, 0.15) is 46.0 Å². The Morgan fingerprint density at radius 1 is 1.05 bits per heavy atom. The van der Waals surface area contributed by atoms with Crippen molar-refractivity contribution in [1.29, 1.82) is 0 Å². The third-order valence-electron chi connectivity index (χ3n) is 3.62. The van der Waals surface area contributed by atoms with Crippen molar-refractivity contribution in [1.82, 2.24) is 0 Å². The minimum atomic E-state index is -2.58. The Balaban J connectivity index is 2.62. The van der Waals surface area contributed by atoms with Crippen LogP contribution in [0.25, 0.3) is 0 Å². The molecule has 6 heteroatoms. The Bertz CT molecular complexity index is 246. The van der Waals surface area contributed by atoms with Crippen LogP contribution in [0.2, 0.25) is 6.04 Å². The van der Waals surface area contributed by atoms with Crippen LogP contribution in [0.4, 0.5) is 0 Å². The van der Waals surface area contributed by atoms with Gasteiger partial charge in [0.1, 0.15) is 0 Å². The van der Waals surface area contributed by atoms with E-state index in [2.05, 4.69) is 13.8 Å². The van der Waals surface area contributed by atoms with Crippen molar-refractivity contribution >= 4 is 8.80 Å². The number of hydrogen-bond donors (Lipinski definition) is 0. The van der Waals surface area contributed by atoms with Crippen LogP contribution in [0.3, 0.4) is 0 Å². The number of unbranched alkanes of at least 4 members (excludes halogenated alkanes) is 1. The first-order valence-electron chi connectivity index (χ1n) is 7.68. The first-order chi connectivity index (χ1) is 9.66. The molecule has 0 atom stereocenters. The maximum Gasteiger partial charge on any atom is 0.500 e. The summed E-state index contributed by atoms with van der Waals surface area (Å²) in [6, 6.07) is 0.832. The summed E-state index contributed by atoms with van der Waals surface area (Å²) < 4.78 is 29.0. The molecule has 0 bridgehead atoms. The van der Waals surface area contributed by atoms with E-state index in [0.717, 1.165) is 51.4 Å². The Morgan fingerprint density at radius 2 is 1.70 bits per heavy atom. The summed E-state index contributed by atoms with van der Waals surface area (Å²) in [7, 11) is 0.750. The van der Waals surface area contributed by atoms with Crippen molar-refractivity contribution in [2.24, 2.45) is 0 Å². The average molecular weight is 306 g/mol. The van der Waals surface area contributed by atoms with E-state index in [1.165, 1.54) is 0 Å². The Labute approximate surface area is 124 Å². The normalized spacial score (nSPS) is 19.2. The molecule has 20 heavy (non-hydrogen) atoms. The highest BCUT2D eigenvalue weighted by molar-refractivity contribution is 6.60. The highest BCUT2D eigenvalue weighted by Gasteiger charge is 2.43. The third kappa shape index (κ3) is 5.09. The first-order valence-corrected chi connectivity index (χ1v) is 9.61. The summed E-state index contributed by atoms with van der Waals surface area (Å²) in [6.45, 7) is 6.12. The maximum absolute atomic E-state index is 6.07. The fraction of sp³-hybridized carbons (Fsp3) is 1.00. The predicted molar refractivity (Wildman–Crippen MR) is 79.6 cm³/mol. The second-order valence-corrected chi connectivity index (χ2v) is 8.17. The molecule has 1 heterocycles. The minimum Gasteiger partial charge on any atom is -0.377 e. The van der Waals surface area contributed by atoms with Crippen LogP contribution in [-0.2, 0) is 22.8 Å². The number of rotatable bonds is 10. The zero-order valence-corrected chi connectivity index (χ0v) is 14.4. The van der Waals surface area contributed by atoms with Gasteiger partial charge in [-0.05, 0) is 12.8 Å². The fourth-order valence-corrected chi connectivity index (χ4v) is 4.57. The van der Waals surface area contributed by atoms with E-state index in [-0.39, 0.29) is 0 Å². The van der Waals surface area contributed by atoms with Gasteiger partial charge in [0.25, 0.3) is 0 Å². The van der Waals surface area contributed by atoms with Gasteiger partial charge in [-0.3, -0.25) is 0 Å². The van der Waals surface area contributed by atoms with Gasteiger partial charge in [0.2, 0.25) is 0 Å². The molecule has 120 valence electrons. The maximum atomic E-state index is 6.07. The monoisotopic (exact) mass is 306 g/mol. The molecule has 1 saturated heterocycles. The van der Waals surface area contributed by atoms with Gasteiger partial charge in [-0.1, -0.05) is 26.7 Å². The summed E-state index contributed by atoms with van der Waals surface area (Å²) >= 11 is 0.